The second kappa shape index (κ2) is 6.43. The van der Waals surface area contributed by atoms with Gasteiger partial charge in [0.05, 0.1) is 4.90 Å². The summed E-state index contributed by atoms with van der Waals surface area (Å²) in [5.41, 5.74) is 5.58. The average Bonchev–Trinajstić information content (AvgIpc) is 2.46. The standard InChI is InChI=1S/C13H20N2O4S/c1-2-3-10(9-14)15-20(16,17)11-4-5-12-13(8-11)19-7-6-18-12/h4-5,8,10,15H,2-3,6-7,9,14H2,1H3. The summed E-state index contributed by atoms with van der Waals surface area (Å²) < 4.78 is 38.0. The molecule has 6 nitrogen and oxygen atoms in total. The van der Waals surface area contributed by atoms with Gasteiger partial charge in [-0.3, -0.25) is 0 Å². The molecule has 0 saturated carbocycles. The van der Waals surface area contributed by atoms with Crippen molar-refractivity contribution >= 4 is 10.0 Å². The van der Waals surface area contributed by atoms with Gasteiger partial charge in [-0.25, -0.2) is 13.1 Å². The van der Waals surface area contributed by atoms with Crippen LogP contribution in [-0.4, -0.2) is 34.2 Å². The van der Waals surface area contributed by atoms with Crippen molar-refractivity contribution in [3.05, 3.63) is 18.2 Å². The van der Waals surface area contributed by atoms with E-state index in [0.29, 0.717) is 31.1 Å². The third-order valence-electron chi connectivity index (χ3n) is 3.07. The van der Waals surface area contributed by atoms with Gasteiger partial charge < -0.3 is 15.2 Å². The SMILES string of the molecule is CCCC(CN)NS(=O)(=O)c1ccc2c(c1)OCCO2. The molecule has 1 aliphatic rings. The Morgan fingerprint density at radius 3 is 2.65 bits per heavy atom. The van der Waals surface area contributed by atoms with Gasteiger partial charge in [0.2, 0.25) is 10.0 Å². The lowest BCUT2D eigenvalue weighted by molar-refractivity contribution is 0.171. The van der Waals surface area contributed by atoms with Crippen molar-refractivity contribution in [1.29, 1.82) is 0 Å². The van der Waals surface area contributed by atoms with Crippen molar-refractivity contribution in [3.63, 3.8) is 0 Å². The molecular weight excluding hydrogens is 280 g/mol. The smallest absolute Gasteiger partial charge is 0.241 e. The molecule has 112 valence electrons. The fourth-order valence-corrected chi connectivity index (χ4v) is 3.35. The number of rotatable bonds is 6. The van der Waals surface area contributed by atoms with E-state index in [1.54, 1.807) is 6.07 Å². The number of nitrogens with one attached hydrogen (secondary N) is 1. The van der Waals surface area contributed by atoms with Gasteiger partial charge in [0.25, 0.3) is 0 Å². The number of ether oxygens (including phenoxy) is 2. The molecule has 0 bridgehead atoms. The zero-order valence-electron chi connectivity index (χ0n) is 11.5. The molecular formula is C13H20N2O4S. The summed E-state index contributed by atoms with van der Waals surface area (Å²) >= 11 is 0. The van der Waals surface area contributed by atoms with E-state index in [2.05, 4.69) is 4.72 Å². The highest BCUT2D eigenvalue weighted by atomic mass is 32.2. The van der Waals surface area contributed by atoms with Gasteiger partial charge in [-0.15, -0.1) is 0 Å². The minimum atomic E-state index is -3.59. The van der Waals surface area contributed by atoms with Crippen molar-refractivity contribution in [2.24, 2.45) is 5.73 Å². The molecule has 1 aromatic rings. The van der Waals surface area contributed by atoms with Crippen molar-refractivity contribution < 1.29 is 17.9 Å². The Kier molecular flexibility index (Phi) is 4.85. The summed E-state index contributed by atoms with van der Waals surface area (Å²) in [6, 6.07) is 4.35. The molecule has 20 heavy (non-hydrogen) atoms. The summed E-state index contributed by atoms with van der Waals surface area (Å²) in [5, 5.41) is 0. The molecule has 0 saturated heterocycles. The predicted molar refractivity (Wildman–Crippen MR) is 75.5 cm³/mol. The molecule has 1 unspecified atom stereocenters. The maximum atomic E-state index is 12.3. The molecule has 2 rings (SSSR count). The molecule has 0 aromatic heterocycles. The molecule has 0 radical (unpaired) electrons. The van der Waals surface area contributed by atoms with Crippen LogP contribution in [0.4, 0.5) is 0 Å². The Morgan fingerprint density at radius 1 is 1.30 bits per heavy atom. The molecule has 1 atom stereocenters. The summed E-state index contributed by atoms with van der Waals surface area (Å²) in [4.78, 5) is 0.163. The topological polar surface area (TPSA) is 90.7 Å². The first-order valence-electron chi connectivity index (χ1n) is 6.69. The Labute approximate surface area is 119 Å². The van der Waals surface area contributed by atoms with Crippen LogP contribution >= 0.6 is 0 Å². The van der Waals surface area contributed by atoms with Crippen LogP contribution in [-0.2, 0) is 10.0 Å². The molecule has 7 heteroatoms. The van der Waals surface area contributed by atoms with E-state index < -0.39 is 10.0 Å². The van der Waals surface area contributed by atoms with E-state index in [9.17, 15) is 8.42 Å². The van der Waals surface area contributed by atoms with Crippen LogP contribution in [0, 0.1) is 0 Å². The average molecular weight is 300 g/mol. The maximum Gasteiger partial charge on any atom is 0.241 e. The molecule has 3 N–H and O–H groups in total. The van der Waals surface area contributed by atoms with Gasteiger partial charge in [0, 0.05) is 18.7 Å². The monoisotopic (exact) mass is 300 g/mol. The lowest BCUT2D eigenvalue weighted by Gasteiger charge is -2.20. The third-order valence-corrected chi connectivity index (χ3v) is 4.59. The fourth-order valence-electron chi connectivity index (χ4n) is 2.05. The van der Waals surface area contributed by atoms with Gasteiger partial charge in [0.1, 0.15) is 13.2 Å². The summed E-state index contributed by atoms with van der Waals surface area (Å²) in [5.74, 6) is 1.03. The first-order chi connectivity index (χ1) is 9.56. The highest BCUT2D eigenvalue weighted by Gasteiger charge is 2.21. The second-order valence-corrected chi connectivity index (χ2v) is 6.36. The Bertz CT molecular complexity index is 559. The van der Waals surface area contributed by atoms with E-state index in [-0.39, 0.29) is 17.5 Å². The quantitative estimate of drug-likeness (QED) is 0.813. The minimum Gasteiger partial charge on any atom is -0.486 e. The molecule has 1 aromatic carbocycles. The summed E-state index contributed by atoms with van der Waals surface area (Å²) in [7, 11) is -3.59. The Morgan fingerprint density at radius 2 is 2.00 bits per heavy atom. The number of hydrogen-bond acceptors (Lipinski definition) is 5. The van der Waals surface area contributed by atoms with Gasteiger partial charge in [-0.1, -0.05) is 13.3 Å². The summed E-state index contributed by atoms with van der Waals surface area (Å²) in [6.07, 6.45) is 1.58. The van der Waals surface area contributed by atoms with Crippen LogP contribution in [0.15, 0.2) is 23.1 Å². The van der Waals surface area contributed by atoms with E-state index >= 15 is 0 Å². The molecule has 0 aliphatic carbocycles. The van der Waals surface area contributed by atoms with Crippen molar-refractivity contribution in [3.8, 4) is 11.5 Å². The first-order valence-corrected chi connectivity index (χ1v) is 8.17. The fraction of sp³-hybridized carbons (Fsp3) is 0.538. The number of hydrogen-bond donors (Lipinski definition) is 2. The minimum absolute atomic E-state index is 0.163. The number of fused-ring (bicyclic) bond motifs is 1. The van der Waals surface area contributed by atoms with Crippen LogP contribution in [0.25, 0.3) is 0 Å². The van der Waals surface area contributed by atoms with Gasteiger partial charge >= 0.3 is 0 Å². The van der Waals surface area contributed by atoms with Crippen molar-refractivity contribution in [2.75, 3.05) is 19.8 Å². The van der Waals surface area contributed by atoms with Crippen molar-refractivity contribution in [1.82, 2.24) is 4.72 Å². The van der Waals surface area contributed by atoms with Gasteiger partial charge in [0.15, 0.2) is 11.5 Å². The molecule has 0 fully saturated rings. The number of nitrogens with two attached hydrogens (primary N) is 1. The second-order valence-electron chi connectivity index (χ2n) is 4.65. The molecule has 0 spiro atoms. The largest absolute Gasteiger partial charge is 0.486 e. The van der Waals surface area contributed by atoms with E-state index in [1.165, 1.54) is 12.1 Å². The zero-order chi connectivity index (χ0) is 14.6. The highest BCUT2D eigenvalue weighted by Crippen LogP contribution is 2.32. The predicted octanol–water partition coefficient (Wildman–Crippen LogP) is 0.864. The van der Waals surface area contributed by atoms with E-state index in [1.807, 2.05) is 6.92 Å². The lowest BCUT2D eigenvalue weighted by Crippen LogP contribution is -2.40. The number of benzene rings is 1. The number of sulfonamides is 1. The molecule has 1 aliphatic heterocycles. The Balaban J connectivity index is 2.20. The Hall–Kier alpha value is -1.31. The van der Waals surface area contributed by atoms with Crippen LogP contribution < -0.4 is 19.9 Å². The summed E-state index contributed by atoms with van der Waals surface area (Å²) in [6.45, 7) is 3.16. The van der Waals surface area contributed by atoms with Crippen LogP contribution in [0.1, 0.15) is 19.8 Å². The highest BCUT2D eigenvalue weighted by molar-refractivity contribution is 7.89. The van der Waals surface area contributed by atoms with Gasteiger partial charge in [-0.2, -0.15) is 0 Å². The van der Waals surface area contributed by atoms with Crippen LogP contribution in [0.3, 0.4) is 0 Å². The molecule has 0 amide bonds. The first kappa shape index (κ1) is 15.1. The molecule has 1 heterocycles. The van der Waals surface area contributed by atoms with E-state index in [4.69, 9.17) is 15.2 Å². The zero-order valence-corrected chi connectivity index (χ0v) is 12.3. The lowest BCUT2D eigenvalue weighted by atomic mass is 10.2. The van der Waals surface area contributed by atoms with E-state index in [0.717, 1.165) is 6.42 Å². The van der Waals surface area contributed by atoms with Crippen LogP contribution in [0.5, 0.6) is 11.5 Å². The maximum absolute atomic E-state index is 12.3. The van der Waals surface area contributed by atoms with Gasteiger partial charge in [-0.05, 0) is 18.6 Å². The van der Waals surface area contributed by atoms with Crippen molar-refractivity contribution in [2.45, 2.75) is 30.7 Å². The normalized spacial score (nSPS) is 15.9. The third kappa shape index (κ3) is 3.41. The van der Waals surface area contributed by atoms with Crippen LogP contribution in [0.2, 0.25) is 0 Å².